The minimum absolute atomic E-state index is 0.0935. The lowest BCUT2D eigenvalue weighted by Crippen LogP contribution is -2.22. The molecule has 0 saturated heterocycles. The van der Waals surface area contributed by atoms with Crippen molar-refractivity contribution in [2.45, 2.75) is 6.54 Å². The number of urea groups is 1. The Bertz CT molecular complexity index is 1330. The van der Waals surface area contributed by atoms with Crippen molar-refractivity contribution in [3.8, 4) is 16.8 Å². The van der Waals surface area contributed by atoms with E-state index in [4.69, 9.17) is 11.5 Å². The van der Waals surface area contributed by atoms with Gasteiger partial charge in [-0.3, -0.25) is 9.59 Å². The quantitative estimate of drug-likeness (QED) is 0.340. The lowest BCUT2D eigenvalue weighted by molar-refractivity contribution is 0.0949. The van der Waals surface area contributed by atoms with Crippen molar-refractivity contribution in [3.63, 3.8) is 0 Å². The van der Waals surface area contributed by atoms with Crippen molar-refractivity contribution in [3.05, 3.63) is 102 Å². The van der Waals surface area contributed by atoms with Gasteiger partial charge in [0.1, 0.15) is 0 Å². The van der Waals surface area contributed by atoms with Gasteiger partial charge in [-0.05, 0) is 41.0 Å². The molecule has 9 heteroatoms. The van der Waals surface area contributed by atoms with Crippen LogP contribution in [0.5, 0.6) is 0 Å². The fourth-order valence-corrected chi connectivity index (χ4v) is 3.41. The Morgan fingerprint density at radius 1 is 0.824 bits per heavy atom. The average Bonchev–Trinajstić information content (AvgIpc) is 3.27. The zero-order valence-electron chi connectivity index (χ0n) is 18.1. The summed E-state index contributed by atoms with van der Waals surface area (Å²) in [6.07, 6.45) is 1.46. The molecule has 0 saturated carbocycles. The number of carbonyl (C=O) groups is 3. The van der Waals surface area contributed by atoms with Crippen molar-refractivity contribution in [1.82, 2.24) is 15.1 Å². The van der Waals surface area contributed by atoms with Gasteiger partial charge in [-0.1, -0.05) is 54.6 Å². The summed E-state index contributed by atoms with van der Waals surface area (Å²) in [6, 6.07) is 23.6. The molecule has 0 aliphatic carbocycles. The number of amides is 4. The van der Waals surface area contributed by atoms with Crippen LogP contribution in [-0.2, 0) is 6.54 Å². The highest BCUT2D eigenvalue weighted by molar-refractivity contribution is 6.00. The second-order valence-electron chi connectivity index (χ2n) is 7.48. The average molecular weight is 454 g/mol. The molecule has 4 amide bonds. The van der Waals surface area contributed by atoms with Gasteiger partial charge in [-0.15, -0.1) is 0 Å². The van der Waals surface area contributed by atoms with Gasteiger partial charge in [0.15, 0.2) is 5.69 Å². The summed E-state index contributed by atoms with van der Waals surface area (Å²) in [7, 11) is 0. The second kappa shape index (κ2) is 9.70. The van der Waals surface area contributed by atoms with Gasteiger partial charge in [0, 0.05) is 12.1 Å². The molecule has 0 aliphatic heterocycles. The third-order valence-electron chi connectivity index (χ3n) is 5.11. The Morgan fingerprint density at radius 3 is 2.03 bits per heavy atom. The summed E-state index contributed by atoms with van der Waals surface area (Å²) in [5, 5.41) is 9.38. The van der Waals surface area contributed by atoms with Gasteiger partial charge in [-0.25, -0.2) is 9.48 Å². The van der Waals surface area contributed by atoms with Crippen LogP contribution in [0.2, 0.25) is 0 Å². The third kappa shape index (κ3) is 5.10. The summed E-state index contributed by atoms with van der Waals surface area (Å²) in [6.45, 7) is 0.463. The normalized spacial score (nSPS) is 10.5. The minimum Gasteiger partial charge on any atom is -0.364 e. The number of nitrogens with one attached hydrogen (secondary N) is 2. The molecule has 0 atom stereocenters. The zero-order valence-corrected chi connectivity index (χ0v) is 18.1. The molecule has 0 unspecified atom stereocenters. The second-order valence-corrected chi connectivity index (χ2v) is 7.48. The molecular formula is C25H22N6O3. The summed E-state index contributed by atoms with van der Waals surface area (Å²) in [5.41, 5.74) is 14.6. The van der Waals surface area contributed by atoms with Crippen LogP contribution in [0.15, 0.2) is 85.1 Å². The summed E-state index contributed by atoms with van der Waals surface area (Å²) < 4.78 is 1.43. The molecule has 4 rings (SSSR count). The molecule has 0 aliphatic rings. The molecule has 6 N–H and O–H groups in total. The van der Waals surface area contributed by atoms with Crippen LogP contribution in [0.25, 0.3) is 16.8 Å². The first-order valence-electron chi connectivity index (χ1n) is 10.4. The lowest BCUT2D eigenvalue weighted by atomic mass is 10.0. The van der Waals surface area contributed by atoms with Crippen LogP contribution < -0.4 is 22.1 Å². The van der Waals surface area contributed by atoms with E-state index in [1.54, 1.807) is 12.1 Å². The standard InChI is InChI=1S/C25H22N6O3/c26-23(32)22-21(29-25(27)34)15-31(30-22)20-12-10-18(11-13-20)17-6-8-19(9-7-17)24(33)28-14-16-4-2-1-3-5-16/h1-13,15H,14H2,(H2,26,32)(H,28,33)(H3,27,29,34). The van der Waals surface area contributed by atoms with Gasteiger partial charge in [0.2, 0.25) is 0 Å². The largest absolute Gasteiger partial charge is 0.364 e. The molecule has 0 bridgehead atoms. The van der Waals surface area contributed by atoms with E-state index in [0.29, 0.717) is 17.8 Å². The molecule has 3 aromatic carbocycles. The van der Waals surface area contributed by atoms with E-state index in [-0.39, 0.29) is 17.3 Å². The van der Waals surface area contributed by atoms with Crippen molar-refractivity contribution < 1.29 is 14.4 Å². The zero-order chi connectivity index (χ0) is 24.1. The number of rotatable bonds is 7. The van der Waals surface area contributed by atoms with Crippen LogP contribution in [0, 0.1) is 0 Å². The van der Waals surface area contributed by atoms with E-state index >= 15 is 0 Å². The first-order valence-corrected chi connectivity index (χ1v) is 10.4. The van der Waals surface area contributed by atoms with E-state index in [1.165, 1.54) is 10.9 Å². The van der Waals surface area contributed by atoms with E-state index in [1.807, 2.05) is 66.7 Å². The lowest BCUT2D eigenvalue weighted by Gasteiger charge is -2.08. The maximum atomic E-state index is 12.4. The van der Waals surface area contributed by atoms with Crippen LogP contribution in [0.4, 0.5) is 10.5 Å². The summed E-state index contributed by atoms with van der Waals surface area (Å²) in [5.74, 6) is -0.929. The van der Waals surface area contributed by atoms with E-state index in [0.717, 1.165) is 16.7 Å². The fourth-order valence-electron chi connectivity index (χ4n) is 3.41. The number of carbonyl (C=O) groups excluding carboxylic acids is 3. The molecule has 170 valence electrons. The highest BCUT2D eigenvalue weighted by Gasteiger charge is 2.16. The van der Waals surface area contributed by atoms with Gasteiger partial charge in [0.25, 0.3) is 11.8 Å². The predicted octanol–water partition coefficient (Wildman–Crippen LogP) is 3.06. The monoisotopic (exact) mass is 454 g/mol. The highest BCUT2D eigenvalue weighted by atomic mass is 16.2. The Morgan fingerprint density at radius 2 is 1.44 bits per heavy atom. The number of primary amides is 2. The molecule has 34 heavy (non-hydrogen) atoms. The van der Waals surface area contributed by atoms with Gasteiger partial charge >= 0.3 is 6.03 Å². The number of benzene rings is 3. The molecule has 1 heterocycles. The van der Waals surface area contributed by atoms with Gasteiger partial charge < -0.3 is 22.1 Å². The topological polar surface area (TPSA) is 145 Å². The molecule has 1 aromatic heterocycles. The smallest absolute Gasteiger partial charge is 0.316 e. The number of aromatic nitrogens is 2. The highest BCUT2D eigenvalue weighted by Crippen LogP contribution is 2.23. The van der Waals surface area contributed by atoms with Crippen LogP contribution in [0.3, 0.4) is 0 Å². The fraction of sp³-hybridized carbons (Fsp3) is 0.0400. The maximum absolute atomic E-state index is 12.4. The predicted molar refractivity (Wildman–Crippen MR) is 128 cm³/mol. The first-order chi connectivity index (χ1) is 16.4. The molecule has 0 spiro atoms. The number of hydrogen-bond donors (Lipinski definition) is 4. The Balaban J connectivity index is 1.46. The summed E-state index contributed by atoms with van der Waals surface area (Å²) in [4.78, 5) is 35.2. The summed E-state index contributed by atoms with van der Waals surface area (Å²) >= 11 is 0. The Kier molecular flexibility index (Phi) is 6.35. The van der Waals surface area contributed by atoms with Gasteiger partial charge in [0.05, 0.1) is 17.6 Å². The number of hydrogen-bond acceptors (Lipinski definition) is 4. The van der Waals surface area contributed by atoms with Crippen molar-refractivity contribution in [1.29, 1.82) is 0 Å². The molecule has 0 fully saturated rings. The molecule has 4 aromatic rings. The van der Waals surface area contributed by atoms with Crippen molar-refractivity contribution in [2.75, 3.05) is 5.32 Å². The van der Waals surface area contributed by atoms with Gasteiger partial charge in [-0.2, -0.15) is 5.10 Å². The molecule has 0 radical (unpaired) electrons. The van der Waals surface area contributed by atoms with Crippen LogP contribution in [0.1, 0.15) is 26.4 Å². The Labute approximate surface area is 195 Å². The number of nitrogens with zero attached hydrogens (tertiary/aromatic N) is 2. The molecule has 9 nitrogen and oxygen atoms in total. The van der Waals surface area contributed by atoms with E-state index < -0.39 is 11.9 Å². The minimum atomic E-state index is -0.824. The van der Waals surface area contributed by atoms with Crippen molar-refractivity contribution in [2.24, 2.45) is 11.5 Å². The third-order valence-corrected chi connectivity index (χ3v) is 5.11. The van der Waals surface area contributed by atoms with Crippen LogP contribution in [-0.4, -0.2) is 27.6 Å². The first kappa shape index (κ1) is 22.3. The molecular weight excluding hydrogens is 432 g/mol. The van der Waals surface area contributed by atoms with E-state index in [2.05, 4.69) is 15.7 Å². The number of nitrogens with two attached hydrogens (primary N) is 2. The number of anilines is 1. The Hall–Kier alpha value is -4.92. The van der Waals surface area contributed by atoms with Crippen LogP contribution >= 0.6 is 0 Å². The maximum Gasteiger partial charge on any atom is 0.316 e. The van der Waals surface area contributed by atoms with E-state index in [9.17, 15) is 14.4 Å². The van der Waals surface area contributed by atoms with Crippen molar-refractivity contribution >= 4 is 23.5 Å². The SMILES string of the molecule is NC(=O)Nc1cn(-c2ccc(-c3ccc(C(=O)NCc4ccccc4)cc3)cc2)nc1C(N)=O.